The van der Waals surface area contributed by atoms with E-state index in [0.29, 0.717) is 10.6 Å². The summed E-state index contributed by atoms with van der Waals surface area (Å²) in [6.07, 6.45) is -0.693. The number of rotatable bonds is 5. The number of ether oxygens (including phenoxy) is 1. The van der Waals surface area contributed by atoms with E-state index in [0.717, 1.165) is 0 Å². The van der Waals surface area contributed by atoms with Crippen LogP contribution in [0.1, 0.15) is 19.4 Å². The Kier molecular flexibility index (Phi) is 5.37. The van der Waals surface area contributed by atoms with E-state index in [2.05, 4.69) is 0 Å². The molecule has 0 aliphatic carbocycles. The summed E-state index contributed by atoms with van der Waals surface area (Å²) in [4.78, 5) is 0. The first-order valence-corrected chi connectivity index (χ1v) is 5.98. The van der Waals surface area contributed by atoms with Crippen molar-refractivity contribution in [2.45, 2.75) is 32.5 Å². The number of hydrogen-bond acceptors (Lipinski definition) is 2. The van der Waals surface area contributed by atoms with E-state index < -0.39 is 6.10 Å². The number of methoxy groups -OCH3 is 1. The molecule has 0 radical (unpaired) electrons. The lowest BCUT2D eigenvalue weighted by atomic mass is 9.96. The number of hydrogen-bond donors (Lipinski definition) is 1. The highest BCUT2D eigenvalue weighted by atomic mass is 35.5. The van der Waals surface area contributed by atoms with E-state index in [1.54, 1.807) is 7.11 Å². The van der Waals surface area contributed by atoms with E-state index in [-0.39, 0.29) is 24.3 Å². The molecule has 0 fully saturated rings. The Labute approximate surface area is 106 Å². The first-order valence-electron chi connectivity index (χ1n) is 5.60. The highest BCUT2D eigenvalue weighted by molar-refractivity contribution is 6.31. The number of halogens is 2. The van der Waals surface area contributed by atoms with Crippen LogP contribution in [0.4, 0.5) is 4.39 Å². The molecule has 0 heterocycles. The molecule has 1 N–H and O–H groups in total. The zero-order valence-corrected chi connectivity index (χ0v) is 11.0. The van der Waals surface area contributed by atoms with Crippen LogP contribution in [0.5, 0.6) is 0 Å². The zero-order chi connectivity index (χ0) is 13.0. The quantitative estimate of drug-likeness (QED) is 0.882. The maximum atomic E-state index is 13.1. The van der Waals surface area contributed by atoms with Gasteiger partial charge in [0.05, 0.1) is 12.2 Å². The fourth-order valence-electron chi connectivity index (χ4n) is 1.91. The lowest BCUT2D eigenvalue weighted by Gasteiger charge is -2.25. The minimum Gasteiger partial charge on any atom is -0.390 e. The molecule has 2 unspecified atom stereocenters. The van der Waals surface area contributed by atoms with Crippen molar-refractivity contribution in [2.24, 2.45) is 5.92 Å². The molecule has 0 saturated carbocycles. The Morgan fingerprint density at radius 3 is 2.59 bits per heavy atom. The van der Waals surface area contributed by atoms with Gasteiger partial charge < -0.3 is 9.84 Å². The Balaban J connectivity index is 2.79. The molecule has 2 nitrogen and oxygen atoms in total. The van der Waals surface area contributed by atoms with Crippen molar-refractivity contribution in [3.8, 4) is 0 Å². The molecular weight excluding hydrogens is 243 g/mol. The monoisotopic (exact) mass is 260 g/mol. The standard InChI is InChI=1S/C13H18ClFO2/c1-8(2)13(17-3)12(16)7-9-6-10(15)4-5-11(9)14/h4-6,8,12-13,16H,7H2,1-3H3. The van der Waals surface area contributed by atoms with Gasteiger partial charge in [0, 0.05) is 18.6 Å². The van der Waals surface area contributed by atoms with Gasteiger partial charge in [-0.05, 0) is 29.7 Å². The molecule has 0 aliphatic heterocycles. The molecule has 1 aromatic carbocycles. The average Bonchev–Trinajstić information content (AvgIpc) is 2.24. The fourth-order valence-corrected chi connectivity index (χ4v) is 2.11. The molecule has 96 valence electrons. The van der Waals surface area contributed by atoms with Crippen LogP contribution in [-0.4, -0.2) is 24.4 Å². The van der Waals surface area contributed by atoms with Crippen LogP contribution >= 0.6 is 11.6 Å². The van der Waals surface area contributed by atoms with Gasteiger partial charge in [-0.2, -0.15) is 0 Å². The molecular formula is C13H18ClFO2. The Bertz CT molecular complexity index is 368. The highest BCUT2D eigenvalue weighted by Crippen LogP contribution is 2.21. The maximum Gasteiger partial charge on any atom is 0.123 e. The van der Waals surface area contributed by atoms with Gasteiger partial charge in [0.1, 0.15) is 5.82 Å². The van der Waals surface area contributed by atoms with E-state index in [1.165, 1.54) is 18.2 Å². The predicted molar refractivity (Wildman–Crippen MR) is 66.8 cm³/mol. The molecule has 0 bridgehead atoms. The summed E-state index contributed by atoms with van der Waals surface area (Å²) in [5.41, 5.74) is 0.599. The first kappa shape index (κ1) is 14.4. The lowest BCUT2D eigenvalue weighted by molar-refractivity contribution is -0.0368. The lowest BCUT2D eigenvalue weighted by Crippen LogP contribution is -2.34. The van der Waals surface area contributed by atoms with Gasteiger partial charge in [-0.1, -0.05) is 25.4 Å². The Morgan fingerprint density at radius 1 is 1.41 bits per heavy atom. The third-order valence-electron chi connectivity index (χ3n) is 2.75. The normalized spacial score (nSPS) is 15.0. The second-order valence-electron chi connectivity index (χ2n) is 4.45. The summed E-state index contributed by atoms with van der Waals surface area (Å²) in [7, 11) is 1.56. The van der Waals surface area contributed by atoms with Crippen molar-refractivity contribution in [1.82, 2.24) is 0 Å². The Morgan fingerprint density at radius 2 is 2.06 bits per heavy atom. The summed E-state index contributed by atoms with van der Waals surface area (Å²) in [6.45, 7) is 3.93. The zero-order valence-electron chi connectivity index (χ0n) is 10.3. The van der Waals surface area contributed by atoms with Gasteiger partial charge >= 0.3 is 0 Å². The summed E-state index contributed by atoms with van der Waals surface area (Å²) in [6, 6.07) is 4.14. The van der Waals surface area contributed by atoms with Crippen LogP contribution in [-0.2, 0) is 11.2 Å². The molecule has 0 aromatic heterocycles. The van der Waals surface area contributed by atoms with Crippen LogP contribution in [0.3, 0.4) is 0 Å². The summed E-state index contributed by atoms with van der Waals surface area (Å²) in [5.74, 6) is -0.169. The molecule has 1 aromatic rings. The van der Waals surface area contributed by atoms with Gasteiger partial charge in [-0.15, -0.1) is 0 Å². The second kappa shape index (κ2) is 6.34. The molecule has 0 spiro atoms. The van der Waals surface area contributed by atoms with Crippen molar-refractivity contribution in [2.75, 3.05) is 7.11 Å². The third-order valence-corrected chi connectivity index (χ3v) is 3.11. The van der Waals surface area contributed by atoms with Crippen LogP contribution in [0.25, 0.3) is 0 Å². The third kappa shape index (κ3) is 3.95. The largest absolute Gasteiger partial charge is 0.390 e. The van der Waals surface area contributed by atoms with E-state index in [4.69, 9.17) is 16.3 Å². The van der Waals surface area contributed by atoms with Gasteiger partial charge in [0.25, 0.3) is 0 Å². The van der Waals surface area contributed by atoms with Gasteiger partial charge in [0.15, 0.2) is 0 Å². The first-order chi connectivity index (χ1) is 7.95. The smallest absolute Gasteiger partial charge is 0.123 e. The molecule has 4 heteroatoms. The van der Waals surface area contributed by atoms with Gasteiger partial charge in [-0.25, -0.2) is 4.39 Å². The SMILES string of the molecule is COC(C(C)C)C(O)Cc1cc(F)ccc1Cl. The van der Waals surface area contributed by atoms with Crippen LogP contribution in [0, 0.1) is 11.7 Å². The predicted octanol–water partition coefficient (Wildman–Crippen LogP) is 3.05. The summed E-state index contributed by atoms with van der Waals surface area (Å²) < 4.78 is 18.3. The number of benzene rings is 1. The van der Waals surface area contributed by atoms with Crippen molar-refractivity contribution < 1.29 is 14.2 Å². The highest BCUT2D eigenvalue weighted by Gasteiger charge is 2.23. The van der Waals surface area contributed by atoms with E-state index in [9.17, 15) is 9.50 Å². The average molecular weight is 261 g/mol. The summed E-state index contributed by atoms with van der Waals surface area (Å²) in [5, 5.41) is 10.5. The van der Waals surface area contributed by atoms with E-state index >= 15 is 0 Å². The van der Waals surface area contributed by atoms with Crippen molar-refractivity contribution >= 4 is 11.6 Å². The van der Waals surface area contributed by atoms with Crippen molar-refractivity contribution in [3.63, 3.8) is 0 Å². The molecule has 0 amide bonds. The number of aliphatic hydroxyl groups is 1. The topological polar surface area (TPSA) is 29.5 Å². The van der Waals surface area contributed by atoms with Crippen LogP contribution in [0.2, 0.25) is 5.02 Å². The molecule has 0 aliphatic rings. The van der Waals surface area contributed by atoms with Crippen molar-refractivity contribution in [3.05, 3.63) is 34.6 Å². The van der Waals surface area contributed by atoms with E-state index in [1.807, 2.05) is 13.8 Å². The van der Waals surface area contributed by atoms with Crippen molar-refractivity contribution in [1.29, 1.82) is 0 Å². The molecule has 2 atom stereocenters. The minimum absolute atomic E-state index is 0.183. The number of aliphatic hydroxyl groups excluding tert-OH is 1. The van der Waals surface area contributed by atoms with Crippen LogP contribution < -0.4 is 0 Å². The Hall–Kier alpha value is -0.640. The summed E-state index contributed by atoms with van der Waals surface area (Å²) >= 11 is 5.95. The van der Waals surface area contributed by atoms with Gasteiger partial charge in [0.2, 0.25) is 0 Å². The molecule has 17 heavy (non-hydrogen) atoms. The van der Waals surface area contributed by atoms with Gasteiger partial charge in [-0.3, -0.25) is 0 Å². The molecule has 1 rings (SSSR count). The minimum atomic E-state index is -0.695. The second-order valence-corrected chi connectivity index (χ2v) is 4.86. The fraction of sp³-hybridized carbons (Fsp3) is 0.538. The van der Waals surface area contributed by atoms with Crippen LogP contribution in [0.15, 0.2) is 18.2 Å². The maximum absolute atomic E-state index is 13.1. The molecule has 0 saturated heterocycles.